The zero-order valence-electron chi connectivity index (χ0n) is 13.8. The van der Waals surface area contributed by atoms with Crippen LogP contribution in [0.4, 0.5) is 0 Å². The summed E-state index contributed by atoms with van der Waals surface area (Å²) < 4.78 is 5.19. The van der Waals surface area contributed by atoms with Crippen molar-refractivity contribution in [1.29, 1.82) is 0 Å². The van der Waals surface area contributed by atoms with E-state index >= 15 is 0 Å². The van der Waals surface area contributed by atoms with Gasteiger partial charge in [-0.1, -0.05) is 29.3 Å². The molecule has 25 heavy (non-hydrogen) atoms. The third-order valence-corrected chi connectivity index (χ3v) is 5.12. The monoisotopic (exact) mass is 382 g/mol. The number of epoxide rings is 1. The summed E-state index contributed by atoms with van der Waals surface area (Å²) in [7, 11) is 0. The van der Waals surface area contributed by atoms with Crippen molar-refractivity contribution < 1.29 is 14.3 Å². The summed E-state index contributed by atoms with van der Waals surface area (Å²) in [5.74, 6) is -0.00402. The number of carbonyl (C=O) groups excluding carboxylic acids is 2. The molecule has 0 radical (unpaired) electrons. The van der Waals surface area contributed by atoms with Gasteiger partial charge in [-0.3, -0.25) is 9.59 Å². The molecule has 1 aromatic carbocycles. The molecule has 0 bridgehead atoms. The van der Waals surface area contributed by atoms with Crippen molar-refractivity contribution >= 4 is 41.1 Å². The Hall–Kier alpha value is -1.56. The Balaban J connectivity index is 1.55. The number of hydrogen-bond acceptors (Lipinski definition) is 3. The molecule has 7 heteroatoms. The van der Waals surface area contributed by atoms with E-state index in [-0.39, 0.29) is 11.8 Å². The van der Waals surface area contributed by atoms with Gasteiger partial charge in [0, 0.05) is 38.7 Å². The van der Waals surface area contributed by atoms with Gasteiger partial charge in [-0.15, -0.1) is 0 Å². The Morgan fingerprint density at radius 2 is 2.04 bits per heavy atom. The Kier molecular flexibility index (Phi) is 5.99. The molecule has 2 saturated heterocycles. The number of carbonyl (C=O) groups is 2. The number of benzene rings is 1. The van der Waals surface area contributed by atoms with Crippen LogP contribution in [-0.4, -0.2) is 60.5 Å². The van der Waals surface area contributed by atoms with Gasteiger partial charge >= 0.3 is 0 Å². The summed E-state index contributed by atoms with van der Waals surface area (Å²) in [6, 6.07) is 5.20. The van der Waals surface area contributed by atoms with Gasteiger partial charge in [-0.05, 0) is 30.2 Å². The molecule has 1 aromatic rings. The van der Waals surface area contributed by atoms with Gasteiger partial charge in [-0.2, -0.15) is 0 Å². The molecule has 134 valence electrons. The SMILES string of the molecule is O=C(C=Cc1ccc(Cl)c(Cl)c1)N1CCC(=O)N(CCC2CO2)CC1. The molecule has 0 aliphatic carbocycles. The topological polar surface area (TPSA) is 53.2 Å². The summed E-state index contributed by atoms with van der Waals surface area (Å²) in [6.07, 6.45) is 4.76. The van der Waals surface area contributed by atoms with Crippen LogP contribution in [0.1, 0.15) is 18.4 Å². The van der Waals surface area contributed by atoms with Crippen LogP contribution in [0, 0.1) is 0 Å². The van der Waals surface area contributed by atoms with Crippen LogP contribution in [0.15, 0.2) is 24.3 Å². The van der Waals surface area contributed by atoms with Crippen LogP contribution in [0.25, 0.3) is 6.08 Å². The molecule has 0 spiro atoms. The lowest BCUT2D eigenvalue weighted by Crippen LogP contribution is -2.36. The van der Waals surface area contributed by atoms with Crippen molar-refractivity contribution in [3.8, 4) is 0 Å². The molecule has 2 heterocycles. The molecule has 2 aliphatic rings. The third-order valence-electron chi connectivity index (χ3n) is 4.39. The molecule has 2 fully saturated rings. The highest BCUT2D eigenvalue weighted by molar-refractivity contribution is 6.42. The first kappa shape index (κ1) is 18.2. The predicted molar refractivity (Wildman–Crippen MR) is 97.6 cm³/mol. The first-order valence-electron chi connectivity index (χ1n) is 8.34. The molecule has 2 aliphatic heterocycles. The highest BCUT2D eigenvalue weighted by atomic mass is 35.5. The molecule has 0 saturated carbocycles. The van der Waals surface area contributed by atoms with Crippen LogP contribution in [0.2, 0.25) is 10.0 Å². The van der Waals surface area contributed by atoms with Gasteiger partial charge in [0.1, 0.15) is 0 Å². The molecule has 2 amide bonds. The standard InChI is InChI=1S/C18H20Cl2N2O3/c19-15-3-1-13(11-16(15)20)2-4-17(23)22-8-6-18(24)21(9-10-22)7-5-14-12-25-14/h1-4,11,14H,5-10,12H2. The van der Waals surface area contributed by atoms with Gasteiger partial charge < -0.3 is 14.5 Å². The second kappa shape index (κ2) is 8.21. The van der Waals surface area contributed by atoms with E-state index in [1.807, 2.05) is 4.90 Å². The summed E-state index contributed by atoms with van der Waals surface area (Å²) >= 11 is 11.9. The fourth-order valence-corrected chi connectivity index (χ4v) is 3.05. The van der Waals surface area contributed by atoms with E-state index in [9.17, 15) is 9.59 Å². The Morgan fingerprint density at radius 1 is 1.24 bits per heavy atom. The van der Waals surface area contributed by atoms with E-state index in [2.05, 4.69) is 0 Å². The average molecular weight is 383 g/mol. The van der Waals surface area contributed by atoms with E-state index in [1.165, 1.54) is 6.08 Å². The highest BCUT2D eigenvalue weighted by Gasteiger charge is 2.26. The second-order valence-electron chi connectivity index (χ2n) is 6.21. The fourth-order valence-electron chi connectivity index (χ4n) is 2.75. The fraction of sp³-hybridized carbons (Fsp3) is 0.444. The maximum absolute atomic E-state index is 12.4. The Morgan fingerprint density at radius 3 is 2.76 bits per heavy atom. The van der Waals surface area contributed by atoms with Gasteiger partial charge in [0.2, 0.25) is 11.8 Å². The minimum atomic E-state index is -0.105. The number of halogens is 2. The zero-order valence-corrected chi connectivity index (χ0v) is 15.3. The molecular weight excluding hydrogens is 363 g/mol. The molecule has 3 rings (SSSR count). The number of rotatable bonds is 5. The minimum absolute atomic E-state index is 0.101. The van der Waals surface area contributed by atoms with E-state index in [0.29, 0.717) is 48.7 Å². The lowest BCUT2D eigenvalue weighted by atomic mass is 10.2. The lowest BCUT2D eigenvalue weighted by Gasteiger charge is -2.21. The summed E-state index contributed by atoms with van der Waals surface area (Å²) in [4.78, 5) is 28.1. The normalized spacial score (nSPS) is 20.9. The molecule has 5 nitrogen and oxygen atoms in total. The van der Waals surface area contributed by atoms with Crippen molar-refractivity contribution in [3.63, 3.8) is 0 Å². The summed E-state index contributed by atoms with van der Waals surface area (Å²) in [5, 5.41) is 0.930. The minimum Gasteiger partial charge on any atom is -0.373 e. The first-order chi connectivity index (χ1) is 12.0. The van der Waals surface area contributed by atoms with Gasteiger partial charge in [0.05, 0.1) is 22.8 Å². The van der Waals surface area contributed by atoms with Crippen LogP contribution in [-0.2, 0) is 14.3 Å². The molecule has 1 atom stereocenters. The molecule has 0 N–H and O–H groups in total. The van der Waals surface area contributed by atoms with Crippen molar-refractivity contribution in [2.24, 2.45) is 0 Å². The van der Waals surface area contributed by atoms with E-state index in [4.69, 9.17) is 27.9 Å². The smallest absolute Gasteiger partial charge is 0.246 e. The van der Waals surface area contributed by atoms with Gasteiger partial charge in [0.15, 0.2) is 0 Å². The zero-order chi connectivity index (χ0) is 17.8. The first-order valence-corrected chi connectivity index (χ1v) is 9.10. The third kappa shape index (κ3) is 5.21. The van der Waals surface area contributed by atoms with Crippen LogP contribution < -0.4 is 0 Å². The summed E-state index contributed by atoms with van der Waals surface area (Å²) in [6.45, 7) is 3.05. The van der Waals surface area contributed by atoms with Crippen molar-refractivity contribution in [2.75, 3.05) is 32.8 Å². The number of hydrogen-bond donors (Lipinski definition) is 0. The second-order valence-corrected chi connectivity index (χ2v) is 7.02. The van der Waals surface area contributed by atoms with E-state index in [1.54, 1.807) is 29.2 Å². The average Bonchev–Trinajstić information content (AvgIpc) is 3.42. The molecule has 1 unspecified atom stereocenters. The molecular formula is C18H20Cl2N2O3. The largest absolute Gasteiger partial charge is 0.373 e. The van der Waals surface area contributed by atoms with E-state index < -0.39 is 0 Å². The van der Waals surface area contributed by atoms with Crippen molar-refractivity contribution in [3.05, 3.63) is 39.9 Å². The predicted octanol–water partition coefficient (Wildman–Crippen LogP) is 2.86. The summed E-state index contributed by atoms with van der Waals surface area (Å²) in [5.41, 5.74) is 0.805. The van der Waals surface area contributed by atoms with Crippen LogP contribution in [0.3, 0.4) is 0 Å². The van der Waals surface area contributed by atoms with Gasteiger partial charge in [0.25, 0.3) is 0 Å². The maximum atomic E-state index is 12.4. The quantitative estimate of drug-likeness (QED) is 0.581. The maximum Gasteiger partial charge on any atom is 0.246 e. The Bertz CT molecular complexity index is 689. The Labute approximate surface area is 157 Å². The van der Waals surface area contributed by atoms with E-state index in [0.717, 1.165) is 18.6 Å². The van der Waals surface area contributed by atoms with Crippen molar-refractivity contribution in [1.82, 2.24) is 9.80 Å². The lowest BCUT2D eigenvalue weighted by molar-refractivity contribution is -0.130. The number of ether oxygens (including phenoxy) is 1. The van der Waals surface area contributed by atoms with Crippen LogP contribution >= 0.6 is 23.2 Å². The molecule has 0 aromatic heterocycles. The number of nitrogens with zero attached hydrogens (tertiary/aromatic N) is 2. The van der Waals surface area contributed by atoms with Crippen LogP contribution in [0.5, 0.6) is 0 Å². The highest BCUT2D eigenvalue weighted by Crippen LogP contribution is 2.23. The van der Waals surface area contributed by atoms with Crippen molar-refractivity contribution in [2.45, 2.75) is 18.9 Å². The van der Waals surface area contributed by atoms with Gasteiger partial charge in [-0.25, -0.2) is 0 Å². The number of amides is 2.